The Balaban J connectivity index is 1.85. The van der Waals surface area contributed by atoms with Crippen LogP contribution < -0.4 is 0 Å². The molecule has 112 valence electrons. The molecule has 1 N–H and O–H groups in total. The van der Waals surface area contributed by atoms with Crippen molar-refractivity contribution < 1.29 is 9.84 Å². The summed E-state index contributed by atoms with van der Waals surface area (Å²) in [5.41, 5.74) is -0.158. The van der Waals surface area contributed by atoms with Crippen molar-refractivity contribution in [3.8, 4) is 0 Å². The molecule has 1 saturated carbocycles. The van der Waals surface area contributed by atoms with E-state index in [1.807, 2.05) is 0 Å². The van der Waals surface area contributed by atoms with Crippen molar-refractivity contribution in [2.75, 3.05) is 20.3 Å². The lowest BCUT2D eigenvalue weighted by Crippen LogP contribution is -2.35. The molecule has 20 heavy (non-hydrogen) atoms. The first kappa shape index (κ1) is 14.3. The minimum Gasteiger partial charge on any atom is -0.383 e. The number of hydrogen-bond donors (Lipinski definition) is 1. The van der Waals surface area contributed by atoms with Gasteiger partial charge in [0.15, 0.2) is 0 Å². The van der Waals surface area contributed by atoms with Gasteiger partial charge in [0, 0.05) is 25.7 Å². The fourth-order valence-corrected chi connectivity index (χ4v) is 3.68. The van der Waals surface area contributed by atoms with Gasteiger partial charge in [-0.2, -0.15) is 5.10 Å². The number of nitrogens with zero attached hydrogens (tertiary/aromatic N) is 3. The molecule has 2 heterocycles. The quantitative estimate of drug-likeness (QED) is 0.898. The fourth-order valence-electron chi connectivity index (χ4n) is 3.37. The smallest absolute Gasteiger partial charge is 0.122 e. The average Bonchev–Trinajstić information content (AvgIpc) is 3.10. The van der Waals surface area contributed by atoms with Gasteiger partial charge >= 0.3 is 0 Å². The normalized spacial score (nSPS) is 31.1. The molecular formula is C14H22ClN3O2. The molecule has 1 aromatic rings. The third-order valence-corrected chi connectivity index (χ3v) is 4.68. The van der Waals surface area contributed by atoms with E-state index in [4.69, 9.17) is 16.3 Å². The Labute approximate surface area is 124 Å². The van der Waals surface area contributed by atoms with Gasteiger partial charge < -0.3 is 9.84 Å². The molecule has 2 aliphatic rings. The summed E-state index contributed by atoms with van der Waals surface area (Å²) < 4.78 is 6.89. The zero-order valence-corrected chi connectivity index (χ0v) is 12.8. The minimum absolute atomic E-state index is 0.384. The van der Waals surface area contributed by atoms with Crippen molar-refractivity contribution in [2.24, 2.45) is 0 Å². The molecule has 2 unspecified atom stereocenters. The molecule has 5 nitrogen and oxygen atoms in total. The lowest BCUT2D eigenvalue weighted by molar-refractivity contribution is 0.0346. The van der Waals surface area contributed by atoms with Gasteiger partial charge in [-0.05, 0) is 26.2 Å². The van der Waals surface area contributed by atoms with Crippen LogP contribution in [0.15, 0.2) is 6.20 Å². The lowest BCUT2D eigenvalue weighted by atomic mass is 9.96. The number of likely N-dealkylation sites (tertiary alicyclic amines) is 1. The highest BCUT2D eigenvalue weighted by Gasteiger charge is 2.49. The van der Waals surface area contributed by atoms with Gasteiger partial charge in [-0.15, -0.1) is 0 Å². The second kappa shape index (κ2) is 5.30. The molecule has 6 heteroatoms. The van der Waals surface area contributed by atoms with Crippen LogP contribution in [0.1, 0.15) is 31.9 Å². The van der Waals surface area contributed by atoms with Gasteiger partial charge in [-0.3, -0.25) is 9.58 Å². The minimum atomic E-state index is -0.899. The maximum absolute atomic E-state index is 11.1. The highest BCUT2D eigenvalue weighted by Crippen LogP contribution is 2.43. The van der Waals surface area contributed by atoms with Gasteiger partial charge in [0.2, 0.25) is 0 Å². The third-order valence-electron chi connectivity index (χ3n) is 4.40. The van der Waals surface area contributed by atoms with E-state index in [1.54, 1.807) is 18.0 Å². The van der Waals surface area contributed by atoms with Crippen LogP contribution in [0.4, 0.5) is 0 Å². The molecule has 3 rings (SSSR count). The highest BCUT2D eigenvalue weighted by molar-refractivity contribution is 6.31. The predicted octanol–water partition coefficient (Wildman–Crippen LogP) is 1.63. The first-order chi connectivity index (χ1) is 9.55. The molecule has 2 fully saturated rings. The summed E-state index contributed by atoms with van der Waals surface area (Å²) in [5, 5.41) is 15.9. The zero-order valence-electron chi connectivity index (χ0n) is 12.0. The highest BCUT2D eigenvalue weighted by atomic mass is 35.5. The van der Waals surface area contributed by atoms with Crippen LogP contribution in [0, 0.1) is 0 Å². The number of ether oxygens (including phenoxy) is 1. The van der Waals surface area contributed by atoms with Gasteiger partial charge in [0.25, 0.3) is 0 Å². The van der Waals surface area contributed by atoms with Crippen molar-refractivity contribution in [3.63, 3.8) is 0 Å². The number of β-amino-alcohol motifs (C(OH)–C–C–N with tert-alkyl or cyclic N) is 1. The number of halogens is 1. The van der Waals surface area contributed by atoms with Crippen molar-refractivity contribution in [1.82, 2.24) is 14.7 Å². The molecule has 0 radical (unpaired) electrons. The van der Waals surface area contributed by atoms with Crippen LogP contribution in [-0.4, -0.2) is 52.1 Å². The second-order valence-electron chi connectivity index (χ2n) is 6.05. The number of aromatic nitrogens is 2. The topological polar surface area (TPSA) is 50.5 Å². The first-order valence-electron chi connectivity index (χ1n) is 7.24. The van der Waals surface area contributed by atoms with Crippen LogP contribution in [-0.2, 0) is 16.9 Å². The first-order valence-corrected chi connectivity index (χ1v) is 7.62. The van der Waals surface area contributed by atoms with Crippen molar-refractivity contribution in [3.05, 3.63) is 16.9 Å². The Kier molecular flexibility index (Phi) is 3.79. The van der Waals surface area contributed by atoms with Gasteiger partial charge in [-0.1, -0.05) is 11.6 Å². The van der Waals surface area contributed by atoms with Crippen LogP contribution in [0.25, 0.3) is 0 Å². The maximum Gasteiger partial charge on any atom is 0.122 e. The van der Waals surface area contributed by atoms with E-state index in [0.717, 1.165) is 5.69 Å². The predicted molar refractivity (Wildman–Crippen MR) is 76.8 cm³/mol. The molecule has 0 bridgehead atoms. The Hall–Kier alpha value is -0.620. The van der Waals surface area contributed by atoms with E-state index >= 15 is 0 Å². The molecule has 1 saturated heterocycles. The SMILES string of the molecule is COCCn1ncc(Cl)c1C1(O)CC(C)N(C2CC2)C1. The summed E-state index contributed by atoms with van der Waals surface area (Å²) in [6, 6.07) is 1.03. The summed E-state index contributed by atoms with van der Waals surface area (Å²) in [6.45, 7) is 4.00. The molecule has 1 aliphatic carbocycles. The second-order valence-corrected chi connectivity index (χ2v) is 6.45. The monoisotopic (exact) mass is 299 g/mol. The van der Waals surface area contributed by atoms with Crippen LogP contribution >= 0.6 is 11.6 Å². The molecule has 0 aromatic carbocycles. The van der Waals surface area contributed by atoms with E-state index in [9.17, 15) is 5.11 Å². The molecular weight excluding hydrogens is 278 g/mol. The van der Waals surface area contributed by atoms with Gasteiger partial charge in [-0.25, -0.2) is 0 Å². The van der Waals surface area contributed by atoms with E-state index in [0.29, 0.717) is 43.2 Å². The van der Waals surface area contributed by atoms with E-state index in [2.05, 4.69) is 16.9 Å². The van der Waals surface area contributed by atoms with Gasteiger partial charge in [0.1, 0.15) is 5.60 Å². The van der Waals surface area contributed by atoms with E-state index < -0.39 is 5.60 Å². The summed E-state index contributed by atoms with van der Waals surface area (Å²) in [4.78, 5) is 2.41. The molecule has 0 amide bonds. The van der Waals surface area contributed by atoms with Gasteiger partial charge in [0.05, 0.1) is 30.1 Å². The van der Waals surface area contributed by atoms with Crippen LogP contribution in [0.3, 0.4) is 0 Å². The molecule has 2 atom stereocenters. The molecule has 0 spiro atoms. The van der Waals surface area contributed by atoms with Crippen LogP contribution in [0.2, 0.25) is 5.02 Å². The third kappa shape index (κ3) is 2.48. The fraction of sp³-hybridized carbons (Fsp3) is 0.786. The Bertz CT molecular complexity index is 489. The van der Waals surface area contributed by atoms with E-state index in [1.165, 1.54) is 12.8 Å². The van der Waals surface area contributed by atoms with Crippen molar-refractivity contribution >= 4 is 11.6 Å². The average molecular weight is 300 g/mol. The lowest BCUT2D eigenvalue weighted by Gasteiger charge is -2.25. The standard InChI is InChI=1S/C14H22ClN3O2/c1-10-7-14(19,9-17(10)11-3-4-11)13-12(15)8-16-18(13)5-6-20-2/h8,10-11,19H,3-7,9H2,1-2H3. The Morgan fingerprint density at radius 1 is 1.55 bits per heavy atom. The number of methoxy groups -OCH3 is 1. The summed E-state index contributed by atoms with van der Waals surface area (Å²) in [6.07, 6.45) is 4.82. The van der Waals surface area contributed by atoms with Crippen molar-refractivity contribution in [2.45, 2.75) is 50.4 Å². The number of rotatable bonds is 5. The van der Waals surface area contributed by atoms with Crippen molar-refractivity contribution in [1.29, 1.82) is 0 Å². The summed E-state index contributed by atoms with van der Waals surface area (Å²) in [5.74, 6) is 0. The number of aliphatic hydroxyl groups is 1. The summed E-state index contributed by atoms with van der Waals surface area (Å²) >= 11 is 6.28. The van der Waals surface area contributed by atoms with Crippen LogP contribution in [0.5, 0.6) is 0 Å². The van der Waals surface area contributed by atoms with E-state index in [-0.39, 0.29) is 0 Å². The number of hydrogen-bond acceptors (Lipinski definition) is 4. The Morgan fingerprint density at radius 2 is 2.30 bits per heavy atom. The zero-order chi connectivity index (χ0) is 14.3. The summed E-state index contributed by atoms with van der Waals surface area (Å²) in [7, 11) is 1.66. The Morgan fingerprint density at radius 3 is 2.95 bits per heavy atom. The molecule has 1 aliphatic heterocycles. The maximum atomic E-state index is 11.1. The molecule has 1 aromatic heterocycles. The largest absolute Gasteiger partial charge is 0.383 e.